The first-order valence-electron chi connectivity index (χ1n) is 8.31. The van der Waals surface area contributed by atoms with Crippen molar-refractivity contribution in [1.82, 2.24) is 4.90 Å². The van der Waals surface area contributed by atoms with E-state index in [2.05, 4.69) is 24.3 Å². The molecule has 0 bridgehead atoms. The van der Waals surface area contributed by atoms with Crippen LogP contribution >= 0.6 is 0 Å². The lowest BCUT2D eigenvalue weighted by atomic mass is 9.87. The average Bonchev–Trinajstić information content (AvgIpc) is 2.59. The Bertz CT molecular complexity index is 696. The quantitative estimate of drug-likeness (QED) is 0.882. The first-order valence-corrected chi connectivity index (χ1v) is 8.31. The van der Waals surface area contributed by atoms with Crippen molar-refractivity contribution in [1.29, 1.82) is 0 Å². The van der Waals surface area contributed by atoms with Crippen LogP contribution in [0.2, 0.25) is 0 Å². The van der Waals surface area contributed by atoms with Crippen LogP contribution in [0.1, 0.15) is 29.5 Å². The van der Waals surface area contributed by atoms with E-state index in [9.17, 15) is 4.79 Å². The highest BCUT2D eigenvalue weighted by Gasteiger charge is 2.24. The minimum atomic E-state index is 0.206. The van der Waals surface area contributed by atoms with Gasteiger partial charge >= 0.3 is 0 Å². The molecule has 120 valence electrons. The van der Waals surface area contributed by atoms with Crippen LogP contribution in [0.3, 0.4) is 0 Å². The molecule has 0 aromatic heterocycles. The van der Waals surface area contributed by atoms with E-state index in [0.717, 1.165) is 30.5 Å². The third-order valence-electron chi connectivity index (χ3n) is 4.93. The largest absolute Gasteiger partial charge is 0.399 e. The molecule has 1 aliphatic carbocycles. The van der Waals surface area contributed by atoms with Gasteiger partial charge in [-0.2, -0.15) is 0 Å². The van der Waals surface area contributed by atoms with Gasteiger partial charge in [0, 0.05) is 25.2 Å². The number of amides is 1. The average molecular weight is 308 g/mol. The molecule has 1 unspecified atom stereocenters. The van der Waals surface area contributed by atoms with Crippen molar-refractivity contribution in [3.63, 3.8) is 0 Å². The molecule has 1 amide bonds. The summed E-state index contributed by atoms with van der Waals surface area (Å²) in [4.78, 5) is 14.5. The molecule has 2 aromatic rings. The summed E-state index contributed by atoms with van der Waals surface area (Å²) in [6.07, 6.45) is 4.30. The van der Waals surface area contributed by atoms with Gasteiger partial charge in [0.15, 0.2) is 0 Å². The van der Waals surface area contributed by atoms with Crippen LogP contribution in [-0.4, -0.2) is 23.9 Å². The number of anilines is 1. The monoisotopic (exact) mass is 308 g/mol. The van der Waals surface area contributed by atoms with Crippen molar-refractivity contribution < 1.29 is 4.79 Å². The second-order valence-corrected chi connectivity index (χ2v) is 6.37. The van der Waals surface area contributed by atoms with Crippen LogP contribution in [0.25, 0.3) is 0 Å². The van der Waals surface area contributed by atoms with E-state index in [1.807, 2.05) is 36.2 Å². The Morgan fingerprint density at radius 3 is 2.61 bits per heavy atom. The number of benzene rings is 2. The Hall–Kier alpha value is -2.29. The second kappa shape index (κ2) is 6.86. The molecule has 0 spiro atoms. The van der Waals surface area contributed by atoms with Crippen LogP contribution in [0.15, 0.2) is 48.5 Å². The fourth-order valence-electron chi connectivity index (χ4n) is 3.39. The zero-order valence-electron chi connectivity index (χ0n) is 13.7. The van der Waals surface area contributed by atoms with Gasteiger partial charge in [-0.1, -0.05) is 42.5 Å². The number of hydrogen-bond acceptors (Lipinski definition) is 2. The second-order valence-electron chi connectivity index (χ2n) is 6.37. The molecular weight excluding hydrogens is 284 g/mol. The van der Waals surface area contributed by atoms with E-state index in [-0.39, 0.29) is 5.91 Å². The zero-order valence-corrected chi connectivity index (χ0v) is 13.7. The number of hydrogen-bond donors (Lipinski definition) is 1. The lowest BCUT2D eigenvalue weighted by Crippen LogP contribution is -2.40. The van der Waals surface area contributed by atoms with Gasteiger partial charge in [-0.3, -0.25) is 4.79 Å². The Balaban J connectivity index is 1.59. The molecule has 0 saturated carbocycles. The minimum Gasteiger partial charge on any atom is -0.399 e. The number of nitrogens with zero attached hydrogens (tertiary/aromatic N) is 1. The molecule has 3 rings (SSSR count). The van der Waals surface area contributed by atoms with Crippen molar-refractivity contribution in [3.8, 4) is 0 Å². The van der Waals surface area contributed by atoms with Gasteiger partial charge in [0.1, 0.15) is 0 Å². The molecule has 3 nitrogen and oxygen atoms in total. The van der Waals surface area contributed by atoms with Crippen molar-refractivity contribution in [2.24, 2.45) is 0 Å². The van der Waals surface area contributed by atoms with Crippen LogP contribution < -0.4 is 5.73 Å². The van der Waals surface area contributed by atoms with E-state index < -0.39 is 0 Å². The highest BCUT2D eigenvalue weighted by atomic mass is 16.2. The van der Waals surface area contributed by atoms with Crippen molar-refractivity contribution in [2.75, 3.05) is 12.8 Å². The maximum Gasteiger partial charge on any atom is 0.222 e. The molecule has 0 aliphatic heterocycles. The molecule has 0 saturated heterocycles. The van der Waals surface area contributed by atoms with E-state index >= 15 is 0 Å². The van der Waals surface area contributed by atoms with Crippen molar-refractivity contribution in [2.45, 2.75) is 38.1 Å². The van der Waals surface area contributed by atoms with Crippen LogP contribution in [0, 0.1) is 0 Å². The van der Waals surface area contributed by atoms with Gasteiger partial charge in [-0.25, -0.2) is 0 Å². The number of para-hydroxylation sites is 1. The highest BCUT2D eigenvalue weighted by molar-refractivity contribution is 5.76. The molecule has 0 radical (unpaired) electrons. The molecule has 1 atom stereocenters. The lowest BCUT2D eigenvalue weighted by Gasteiger charge is -2.32. The maximum absolute atomic E-state index is 12.5. The number of rotatable bonds is 4. The van der Waals surface area contributed by atoms with Crippen LogP contribution in [0.4, 0.5) is 5.69 Å². The summed E-state index contributed by atoms with van der Waals surface area (Å²) in [5.74, 6) is 0.206. The predicted molar refractivity (Wildman–Crippen MR) is 94.2 cm³/mol. The number of aryl methyl sites for hydroxylation is 2. The minimum absolute atomic E-state index is 0.206. The van der Waals surface area contributed by atoms with Crippen LogP contribution in [-0.2, 0) is 24.1 Å². The molecule has 0 heterocycles. The van der Waals surface area contributed by atoms with E-state index in [4.69, 9.17) is 5.73 Å². The number of carbonyl (C=O) groups excluding carboxylic acids is 1. The molecule has 1 aliphatic rings. The summed E-state index contributed by atoms with van der Waals surface area (Å²) >= 11 is 0. The molecule has 2 N–H and O–H groups in total. The SMILES string of the molecule is CN(C(=O)CCc1ccccc1N)C1CCc2ccccc2C1. The summed E-state index contributed by atoms with van der Waals surface area (Å²) < 4.78 is 0. The molecule has 3 heteroatoms. The number of nitrogen functional groups attached to an aromatic ring is 1. The Morgan fingerprint density at radius 1 is 1.13 bits per heavy atom. The van der Waals surface area contributed by atoms with E-state index in [1.54, 1.807) is 0 Å². The van der Waals surface area contributed by atoms with Crippen LogP contribution in [0.5, 0.6) is 0 Å². The summed E-state index contributed by atoms with van der Waals surface area (Å²) in [7, 11) is 1.94. The van der Waals surface area contributed by atoms with Gasteiger partial charge in [0.05, 0.1) is 0 Å². The Kier molecular flexibility index (Phi) is 4.65. The maximum atomic E-state index is 12.5. The van der Waals surface area contributed by atoms with Gasteiger partial charge in [-0.15, -0.1) is 0 Å². The van der Waals surface area contributed by atoms with Gasteiger partial charge in [0.25, 0.3) is 0 Å². The predicted octanol–water partition coefficient (Wildman–Crippen LogP) is 3.22. The Morgan fingerprint density at radius 2 is 1.83 bits per heavy atom. The molecule has 2 aromatic carbocycles. The summed E-state index contributed by atoms with van der Waals surface area (Å²) in [5.41, 5.74) is 10.6. The van der Waals surface area contributed by atoms with E-state index in [1.165, 1.54) is 11.1 Å². The van der Waals surface area contributed by atoms with E-state index in [0.29, 0.717) is 18.9 Å². The van der Waals surface area contributed by atoms with Gasteiger partial charge < -0.3 is 10.6 Å². The van der Waals surface area contributed by atoms with Gasteiger partial charge in [0.2, 0.25) is 5.91 Å². The summed E-state index contributed by atoms with van der Waals surface area (Å²) in [6.45, 7) is 0. The fraction of sp³-hybridized carbons (Fsp3) is 0.350. The molecular formula is C20H24N2O. The Labute approximate surface area is 138 Å². The molecule has 0 fully saturated rings. The highest BCUT2D eigenvalue weighted by Crippen LogP contribution is 2.24. The normalized spacial score (nSPS) is 16.7. The summed E-state index contributed by atoms with van der Waals surface area (Å²) in [6, 6.07) is 16.7. The third-order valence-corrected chi connectivity index (χ3v) is 4.93. The standard InChI is InChI=1S/C20H24N2O/c1-22(18-12-10-15-6-2-3-8-17(15)14-18)20(23)13-11-16-7-4-5-9-19(16)21/h2-9,18H,10-14,21H2,1H3. The lowest BCUT2D eigenvalue weighted by molar-refractivity contribution is -0.132. The topological polar surface area (TPSA) is 46.3 Å². The zero-order chi connectivity index (χ0) is 16.2. The first-order chi connectivity index (χ1) is 11.1. The molecule has 23 heavy (non-hydrogen) atoms. The smallest absolute Gasteiger partial charge is 0.222 e. The van der Waals surface area contributed by atoms with Crippen molar-refractivity contribution in [3.05, 3.63) is 65.2 Å². The van der Waals surface area contributed by atoms with Gasteiger partial charge in [-0.05, 0) is 48.4 Å². The third kappa shape index (κ3) is 3.55. The number of fused-ring (bicyclic) bond motifs is 1. The number of likely N-dealkylation sites (N-methyl/N-ethyl adjacent to an activating group) is 1. The first kappa shape index (κ1) is 15.6. The number of carbonyl (C=O) groups is 1. The van der Waals surface area contributed by atoms with Crippen molar-refractivity contribution >= 4 is 11.6 Å². The fourth-order valence-corrected chi connectivity index (χ4v) is 3.39. The number of nitrogens with two attached hydrogens (primary N) is 1. The summed E-state index contributed by atoms with van der Waals surface area (Å²) in [5, 5.41) is 0.